The van der Waals surface area contributed by atoms with Crippen LogP contribution in [0.25, 0.3) is 5.69 Å². The number of carboxylic acid groups (broad SMARTS) is 1. The number of amides is 1. The van der Waals surface area contributed by atoms with E-state index in [2.05, 4.69) is 0 Å². The van der Waals surface area contributed by atoms with E-state index in [1.807, 2.05) is 11.5 Å². The first-order chi connectivity index (χ1) is 11.8. The minimum atomic E-state index is -1.09. The molecule has 0 bridgehead atoms. The molecule has 7 heteroatoms. The smallest absolute Gasteiger partial charge is 0.323 e. The third-order valence-electron chi connectivity index (χ3n) is 3.93. The summed E-state index contributed by atoms with van der Waals surface area (Å²) < 4.78 is 19.9. The van der Waals surface area contributed by atoms with Crippen molar-refractivity contribution in [2.75, 3.05) is 26.8 Å². The predicted molar refractivity (Wildman–Crippen MR) is 90.6 cm³/mol. The van der Waals surface area contributed by atoms with Gasteiger partial charge < -0.3 is 19.3 Å². The number of aromatic nitrogens is 1. The lowest BCUT2D eigenvalue weighted by atomic mass is 10.2. The van der Waals surface area contributed by atoms with Crippen molar-refractivity contribution in [3.8, 4) is 5.69 Å². The van der Waals surface area contributed by atoms with Gasteiger partial charge in [0.05, 0.1) is 12.2 Å². The number of hydrogen-bond donors (Lipinski definition) is 1. The van der Waals surface area contributed by atoms with E-state index >= 15 is 0 Å². The monoisotopic (exact) mass is 348 g/mol. The van der Waals surface area contributed by atoms with E-state index in [4.69, 9.17) is 9.84 Å². The molecule has 0 saturated heterocycles. The van der Waals surface area contributed by atoms with E-state index in [1.165, 1.54) is 24.1 Å². The van der Waals surface area contributed by atoms with Gasteiger partial charge in [0.2, 0.25) is 0 Å². The molecule has 0 atom stereocenters. The first kappa shape index (κ1) is 18.7. The van der Waals surface area contributed by atoms with Crippen LogP contribution in [-0.2, 0) is 9.53 Å². The highest BCUT2D eigenvalue weighted by molar-refractivity contribution is 5.97. The molecular weight excluding hydrogens is 327 g/mol. The number of hydrogen-bond acceptors (Lipinski definition) is 3. The molecule has 0 aliphatic carbocycles. The molecule has 0 fully saturated rings. The van der Waals surface area contributed by atoms with Gasteiger partial charge in [0.15, 0.2) is 0 Å². The Kier molecular flexibility index (Phi) is 5.93. The molecule has 134 valence electrons. The Morgan fingerprint density at radius 3 is 2.44 bits per heavy atom. The summed E-state index contributed by atoms with van der Waals surface area (Å²) in [5.74, 6) is -1.80. The van der Waals surface area contributed by atoms with E-state index in [0.717, 1.165) is 11.4 Å². The summed E-state index contributed by atoms with van der Waals surface area (Å²) in [7, 11) is 1.49. The third-order valence-corrected chi connectivity index (χ3v) is 3.93. The van der Waals surface area contributed by atoms with Gasteiger partial charge in [-0.1, -0.05) is 0 Å². The zero-order valence-corrected chi connectivity index (χ0v) is 14.5. The third kappa shape index (κ3) is 4.24. The molecule has 1 N–H and O–H groups in total. The highest BCUT2D eigenvalue weighted by Crippen LogP contribution is 2.22. The highest BCUT2D eigenvalue weighted by atomic mass is 19.1. The van der Waals surface area contributed by atoms with Crippen LogP contribution in [0, 0.1) is 19.7 Å². The molecule has 1 amide bonds. The summed E-state index contributed by atoms with van der Waals surface area (Å²) in [6, 6.07) is 7.67. The van der Waals surface area contributed by atoms with E-state index in [-0.39, 0.29) is 24.9 Å². The largest absolute Gasteiger partial charge is 0.480 e. The number of halogens is 1. The maximum atomic E-state index is 13.1. The van der Waals surface area contributed by atoms with Crippen LogP contribution >= 0.6 is 0 Å². The van der Waals surface area contributed by atoms with Crippen molar-refractivity contribution in [2.24, 2.45) is 0 Å². The van der Waals surface area contributed by atoms with Crippen LogP contribution in [0.15, 0.2) is 30.3 Å². The van der Waals surface area contributed by atoms with E-state index < -0.39 is 12.5 Å². The lowest BCUT2D eigenvalue weighted by Crippen LogP contribution is -2.38. The topological polar surface area (TPSA) is 71.8 Å². The maximum Gasteiger partial charge on any atom is 0.323 e. The number of methoxy groups -OCH3 is 1. The molecular formula is C18H21FN2O4. The van der Waals surface area contributed by atoms with Crippen LogP contribution in [0.5, 0.6) is 0 Å². The summed E-state index contributed by atoms with van der Waals surface area (Å²) in [5.41, 5.74) is 2.62. The van der Waals surface area contributed by atoms with Gasteiger partial charge in [-0.25, -0.2) is 4.39 Å². The Bertz CT molecular complexity index is 768. The highest BCUT2D eigenvalue weighted by Gasteiger charge is 2.23. The quantitative estimate of drug-likeness (QED) is 0.834. The van der Waals surface area contributed by atoms with Gasteiger partial charge in [-0.05, 0) is 44.2 Å². The van der Waals surface area contributed by atoms with Crippen molar-refractivity contribution in [2.45, 2.75) is 13.8 Å². The van der Waals surface area contributed by atoms with Crippen molar-refractivity contribution in [3.63, 3.8) is 0 Å². The number of aliphatic carboxylic acids is 1. The van der Waals surface area contributed by atoms with Crippen LogP contribution < -0.4 is 0 Å². The molecule has 2 rings (SSSR count). The fraction of sp³-hybridized carbons (Fsp3) is 0.333. The number of aryl methyl sites for hydroxylation is 1. The SMILES string of the molecule is COCCN(CC(=O)O)C(=O)c1cc(C)n(-c2ccc(F)cc2)c1C. The molecule has 0 radical (unpaired) electrons. The average Bonchev–Trinajstić information content (AvgIpc) is 2.86. The van der Waals surface area contributed by atoms with Gasteiger partial charge in [-0.3, -0.25) is 9.59 Å². The summed E-state index contributed by atoms with van der Waals surface area (Å²) in [5, 5.41) is 9.04. The van der Waals surface area contributed by atoms with Crippen LogP contribution in [0.3, 0.4) is 0 Å². The van der Waals surface area contributed by atoms with Crippen molar-refractivity contribution >= 4 is 11.9 Å². The van der Waals surface area contributed by atoms with Gasteiger partial charge in [0, 0.05) is 30.7 Å². The number of ether oxygens (including phenoxy) is 1. The second kappa shape index (κ2) is 7.94. The Morgan fingerprint density at radius 2 is 1.88 bits per heavy atom. The number of rotatable bonds is 7. The zero-order valence-electron chi connectivity index (χ0n) is 14.5. The van der Waals surface area contributed by atoms with Crippen molar-refractivity contribution in [1.82, 2.24) is 9.47 Å². The van der Waals surface area contributed by atoms with E-state index in [0.29, 0.717) is 11.3 Å². The molecule has 2 aromatic rings. The average molecular weight is 348 g/mol. The van der Waals surface area contributed by atoms with Crippen LogP contribution in [0.2, 0.25) is 0 Å². The number of carbonyl (C=O) groups excluding carboxylic acids is 1. The molecule has 6 nitrogen and oxygen atoms in total. The Labute approximate surface area is 145 Å². The minimum Gasteiger partial charge on any atom is -0.480 e. The second-order valence-corrected chi connectivity index (χ2v) is 5.71. The first-order valence-corrected chi connectivity index (χ1v) is 7.80. The molecule has 0 aliphatic rings. The van der Waals surface area contributed by atoms with E-state index in [9.17, 15) is 14.0 Å². The van der Waals surface area contributed by atoms with Crippen molar-refractivity contribution in [3.05, 3.63) is 53.1 Å². The van der Waals surface area contributed by atoms with Gasteiger partial charge in [0.25, 0.3) is 5.91 Å². The predicted octanol–water partition coefficient (Wildman–Crippen LogP) is 2.41. The molecule has 0 spiro atoms. The van der Waals surface area contributed by atoms with Crippen molar-refractivity contribution in [1.29, 1.82) is 0 Å². The summed E-state index contributed by atoms with van der Waals surface area (Å²) in [4.78, 5) is 25.1. The Balaban J connectivity index is 2.38. The molecule has 1 aromatic carbocycles. The minimum absolute atomic E-state index is 0.182. The maximum absolute atomic E-state index is 13.1. The normalized spacial score (nSPS) is 10.7. The number of carboxylic acids is 1. The van der Waals surface area contributed by atoms with Crippen molar-refractivity contribution < 1.29 is 23.8 Å². The molecule has 0 aliphatic heterocycles. The molecule has 0 saturated carbocycles. The number of nitrogens with zero attached hydrogens (tertiary/aromatic N) is 2. The number of carbonyl (C=O) groups is 2. The molecule has 1 aromatic heterocycles. The lowest BCUT2D eigenvalue weighted by Gasteiger charge is -2.20. The van der Waals surface area contributed by atoms with Gasteiger partial charge in [0.1, 0.15) is 12.4 Å². The van der Waals surface area contributed by atoms with Crippen LogP contribution in [-0.4, -0.2) is 53.3 Å². The van der Waals surface area contributed by atoms with E-state index in [1.54, 1.807) is 25.1 Å². The summed E-state index contributed by atoms with van der Waals surface area (Å²) in [6.45, 7) is 3.64. The fourth-order valence-electron chi connectivity index (χ4n) is 2.75. The molecule has 1 heterocycles. The molecule has 0 unspecified atom stereocenters. The second-order valence-electron chi connectivity index (χ2n) is 5.71. The lowest BCUT2D eigenvalue weighted by molar-refractivity contribution is -0.137. The van der Waals surface area contributed by atoms with Gasteiger partial charge in [-0.15, -0.1) is 0 Å². The Hall–Kier alpha value is -2.67. The first-order valence-electron chi connectivity index (χ1n) is 7.80. The van der Waals surface area contributed by atoms with Crippen LogP contribution in [0.4, 0.5) is 4.39 Å². The fourth-order valence-corrected chi connectivity index (χ4v) is 2.75. The summed E-state index contributed by atoms with van der Waals surface area (Å²) >= 11 is 0. The standard InChI is InChI=1S/C18H21FN2O4/c1-12-10-16(18(24)20(8-9-25-3)11-17(22)23)13(2)21(12)15-6-4-14(19)5-7-15/h4-7,10H,8-9,11H2,1-3H3,(H,22,23). The molecule has 25 heavy (non-hydrogen) atoms. The Morgan fingerprint density at radius 1 is 1.24 bits per heavy atom. The van der Waals surface area contributed by atoms with Gasteiger partial charge >= 0.3 is 5.97 Å². The number of benzene rings is 1. The van der Waals surface area contributed by atoms with Crippen LogP contribution in [0.1, 0.15) is 21.7 Å². The van der Waals surface area contributed by atoms with Gasteiger partial charge in [-0.2, -0.15) is 0 Å². The zero-order chi connectivity index (χ0) is 18.6. The summed E-state index contributed by atoms with van der Waals surface area (Å²) in [6.07, 6.45) is 0.